The van der Waals surface area contributed by atoms with Gasteiger partial charge in [-0.1, -0.05) is 7.43 Å². The topological polar surface area (TPSA) is 200 Å². The molecule has 0 spiro atoms. The van der Waals surface area contributed by atoms with E-state index in [1.807, 2.05) is 0 Å². The van der Waals surface area contributed by atoms with Crippen LogP contribution in [0, 0.1) is 23.7 Å². The number of anilines is 1. The maximum absolute atomic E-state index is 12.7. The molecule has 18 nitrogen and oxygen atoms in total. The van der Waals surface area contributed by atoms with Gasteiger partial charge in [-0.15, -0.1) is 0 Å². The number of ketones is 1. The first-order valence-corrected chi connectivity index (χ1v) is 35.2. The van der Waals surface area contributed by atoms with Gasteiger partial charge >= 0.3 is 0 Å². The predicted octanol–water partition coefficient (Wildman–Crippen LogP) is 6.66. The summed E-state index contributed by atoms with van der Waals surface area (Å²) in [6, 6.07) is 8.90. The van der Waals surface area contributed by atoms with Gasteiger partial charge in [-0.05, 0) is 177 Å². The minimum absolute atomic E-state index is 0. The highest BCUT2D eigenvalue weighted by Crippen LogP contribution is 2.34. The zero-order valence-electron chi connectivity index (χ0n) is 54.0. The number of nitrogen functional groups attached to an aromatic ring is 1. The van der Waals surface area contributed by atoms with Crippen molar-refractivity contribution in [1.29, 1.82) is 0 Å². The van der Waals surface area contributed by atoms with Gasteiger partial charge in [-0.3, -0.25) is 33.9 Å². The first kappa shape index (κ1) is 69.4. The summed E-state index contributed by atoms with van der Waals surface area (Å²) in [5.74, 6) is 5.06. The number of amides is 3. The molecule has 3 amide bonds. The molecule has 494 valence electrons. The van der Waals surface area contributed by atoms with Crippen molar-refractivity contribution in [3.63, 3.8) is 0 Å². The quantitative estimate of drug-likeness (QED) is 0.0960. The van der Waals surface area contributed by atoms with E-state index in [0.717, 1.165) is 74.3 Å². The van der Waals surface area contributed by atoms with Crippen molar-refractivity contribution in [2.24, 2.45) is 29.4 Å². The third-order valence-electron chi connectivity index (χ3n) is 21.1. The summed E-state index contributed by atoms with van der Waals surface area (Å²) >= 11 is 0. The molecule has 12 aliphatic rings. The number of hydrogen-bond acceptors (Lipinski definition) is 15. The Hall–Kier alpha value is -3.46. The van der Waals surface area contributed by atoms with Crippen LogP contribution in [0.25, 0.3) is 0 Å². The van der Waals surface area contributed by atoms with Crippen LogP contribution in [-0.4, -0.2) is 238 Å². The van der Waals surface area contributed by atoms with Crippen molar-refractivity contribution in [1.82, 2.24) is 55.6 Å². The number of rotatable bonds is 16. The summed E-state index contributed by atoms with van der Waals surface area (Å²) < 4.78 is 5.32. The monoisotopic (exact) mass is 1210 g/mol. The Morgan fingerprint density at radius 3 is 1.18 bits per heavy atom. The number of nitrogens with one attached hydrogen (secondary N) is 4. The lowest BCUT2D eigenvalue weighted by molar-refractivity contribution is -0.123. The Balaban J connectivity index is 0.000000148. The van der Waals surface area contributed by atoms with Crippen molar-refractivity contribution in [3.8, 4) is 5.75 Å². The summed E-state index contributed by atoms with van der Waals surface area (Å²) in [6.45, 7) is 28.6. The molecule has 87 heavy (non-hydrogen) atoms. The fourth-order valence-electron chi connectivity index (χ4n) is 14.9. The molecule has 4 saturated heterocycles. The lowest BCUT2D eigenvalue weighted by atomic mass is 9.89. The van der Waals surface area contributed by atoms with Crippen LogP contribution in [0.3, 0.4) is 0 Å². The third-order valence-corrected chi connectivity index (χ3v) is 21.1. The molecule has 0 unspecified atom stereocenters. The Bertz CT molecular complexity index is 2160. The molecule has 4 aliphatic heterocycles. The minimum Gasteiger partial charge on any atom is -0.496 e. The number of carbonyl (C=O) groups excluding carboxylic acids is 4. The van der Waals surface area contributed by atoms with Crippen molar-refractivity contribution >= 4 is 29.2 Å². The van der Waals surface area contributed by atoms with Crippen LogP contribution >= 0.6 is 0 Å². The number of piperazine rings is 4. The lowest BCUT2D eigenvalue weighted by Gasteiger charge is -2.42. The molecule has 18 heteroatoms. The molecular weight excluding hydrogens is 1090 g/mol. The molecular formula is C69H123N13O5. The third kappa shape index (κ3) is 25.3. The van der Waals surface area contributed by atoms with E-state index in [9.17, 15) is 19.2 Å². The molecule has 1 aromatic rings. The van der Waals surface area contributed by atoms with Gasteiger partial charge in [0.1, 0.15) is 11.5 Å². The average Bonchev–Trinajstić information content (AvgIpc) is 4.06. The van der Waals surface area contributed by atoms with Gasteiger partial charge in [-0.2, -0.15) is 0 Å². The standard InChI is InChI=1S/C22H34N4O2.C16H29N3O.C14H27N3.C8H16N2.C8H13NO2.CH4/c1-28-21-14-17(23)4-9-20(21)22(27)24-18-5-7-19(8-6-18)26-12-10-25(11-13-26)15-16-2-3-16;1-13(20)17-15-4-6-16(7-5-15)19-10-8-18(9-11-19)12-14-2-3-14;15-13-3-5-14(6-4-13)17-9-7-16(8-10-17)11-12-1-2-12;1-2-8(1)7-10-5-3-9-4-6-10;1-6(10)9-7-2-4-8(11)5-3-7;/h4,9,14,16,18-19H,2-3,5-8,10-13,15,23H2,1H3,(H,24,27);14-16H,2-12H2,1H3,(H,17,20);12-14H,1-11,15H2;8-9H,1-7H2;7H,2-5H2,1H3,(H,9,10);1H4. The number of hydrogen-bond donors (Lipinski definition) is 6. The zero-order chi connectivity index (χ0) is 60.2. The average molecular weight is 1210 g/mol. The van der Waals surface area contributed by atoms with Gasteiger partial charge in [0.15, 0.2) is 0 Å². The highest BCUT2D eigenvalue weighted by molar-refractivity contribution is 5.97. The maximum Gasteiger partial charge on any atom is 0.255 e. The lowest BCUT2D eigenvalue weighted by Crippen LogP contribution is -2.52. The second-order valence-electron chi connectivity index (χ2n) is 28.6. The van der Waals surface area contributed by atoms with Crippen molar-refractivity contribution in [2.45, 2.75) is 218 Å². The second-order valence-corrected chi connectivity index (χ2v) is 28.6. The van der Waals surface area contributed by atoms with E-state index in [1.165, 1.54) is 241 Å². The largest absolute Gasteiger partial charge is 0.496 e. The predicted molar refractivity (Wildman–Crippen MR) is 353 cm³/mol. The number of nitrogens with two attached hydrogens (primary N) is 2. The molecule has 0 bridgehead atoms. The summed E-state index contributed by atoms with van der Waals surface area (Å²) in [5.41, 5.74) is 12.9. The van der Waals surface area contributed by atoms with E-state index < -0.39 is 0 Å². The minimum atomic E-state index is -0.0611. The molecule has 1 aromatic carbocycles. The van der Waals surface area contributed by atoms with Crippen molar-refractivity contribution in [3.05, 3.63) is 23.8 Å². The number of carbonyl (C=O) groups is 4. The van der Waals surface area contributed by atoms with E-state index in [-0.39, 0.29) is 37.2 Å². The fourth-order valence-corrected chi connectivity index (χ4v) is 14.9. The molecule has 0 atom stereocenters. The maximum atomic E-state index is 12.7. The summed E-state index contributed by atoms with van der Waals surface area (Å²) in [4.78, 5) is 63.9. The van der Waals surface area contributed by atoms with Crippen LogP contribution in [0.5, 0.6) is 5.75 Å². The van der Waals surface area contributed by atoms with Gasteiger partial charge in [0.2, 0.25) is 11.8 Å². The molecule has 4 heterocycles. The first-order chi connectivity index (χ1) is 41.8. The van der Waals surface area contributed by atoms with Crippen LogP contribution in [0.15, 0.2) is 18.2 Å². The van der Waals surface area contributed by atoms with E-state index in [1.54, 1.807) is 32.2 Å². The second kappa shape index (κ2) is 36.0. The zero-order valence-corrected chi connectivity index (χ0v) is 54.0. The van der Waals surface area contributed by atoms with E-state index in [2.05, 4.69) is 55.6 Å². The first-order valence-electron chi connectivity index (χ1n) is 35.2. The van der Waals surface area contributed by atoms with Crippen molar-refractivity contribution < 1.29 is 23.9 Å². The molecule has 13 rings (SSSR count). The number of ether oxygens (including phenoxy) is 1. The summed E-state index contributed by atoms with van der Waals surface area (Å²) in [5, 5.41) is 12.5. The highest BCUT2D eigenvalue weighted by Gasteiger charge is 2.35. The Kier molecular flexibility index (Phi) is 28.7. The number of nitrogens with zero attached hydrogens (tertiary/aromatic N) is 7. The number of methoxy groups -OCH3 is 1. The number of Topliss-reactive ketones (excluding diaryl/α,β-unsaturated/α-hetero) is 1. The highest BCUT2D eigenvalue weighted by atomic mass is 16.5. The van der Waals surface area contributed by atoms with Crippen LogP contribution in [-0.2, 0) is 14.4 Å². The van der Waals surface area contributed by atoms with Crippen LogP contribution < -0.4 is 37.5 Å². The van der Waals surface area contributed by atoms with Crippen molar-refractivity contribution in [2.75, 3.05) is 144 Å². The Morgan fingerprint density at radius 1 is 0.483 bits per heavy atom. The van der Waals surface area contributed by atoms with Gasteiger partial charge in [-0.25, -0.2) is 0 Å². The molecule has 0 radical (unpaired) electrons. The van der Waals surface area contributed by atoms with Crippen LogP contribution in [0.1, 0.15) is 186 Å². The van der Waals surface area contributed by atoms with Crippen LogP contribution in [0.4, 0.5) is 5.69 Å². The summed E-state index contributed by atoms with van der Waals surface area (Å²) in [7, 11) is 1.57. The van der Waals surface area contributed by atoms with Gasteiger partial charge in [0.05, 0.1) is 12.7 Å². The van der Waals surface area contributed by atoms with Gasteiger partial charge < -0.3 is 57.1 Å². The van der Waals surface area contributed by atoms with Gasteiger partial charge in [0.25, 0.3) is 5.91 Å². The SMILES string of the molecule is C.C1CN(CC2CC2)CCN1.CC(=O)NC1CCC(=O)CC1.CC(=O)NC1CCC(N2CCN(CC3CC3)CC2)CC1.COc1cc(N)ccc1C(=O)NC1CCC(N2CCN(CC3CC3)CC2)CC1.NC1CCC(N2CCN(CC3CC3)CC2)CC1. The number of benzene rings is 1. The summed E-state index contributed by atoms with van der Waals surface area (Å²) in [6.07, 6.45) is 29.1. The Morgan fingerprint density at radius 2 is 0.828 bits per heavy atom. The molecule has 8 N–H and O–H groups in total. The molecule has 0 aromatic heterocycles. The fraction of sp³-hybridized carbons (Fsp3) is 0.855. The van der Waals surface area contributed by atoms with E-state index in [4.69, 9.17) is 16.2 Å². The normalized spacial score (nSPS) is 29.3. The van der Waals surface area contributed by atoms with Gasteiger partial charge in [0, 0.05) is 212 Å². The molecule has 8 aliphatic carbocycles. The van der Waals surface area contributed by atoms with Crippen LogP contribution in [0.2, 0.25) is 0 Å². The van der Waals surface area contributed by atoms with E-state index in [0.29, 0.717) is 53.8 Å². The Labute approximate surface area is 526 Å². The smallest absolute Gasteiger partial charge is 0.255 e. The van der Waals surface area contributed by atoms with E-state index >= 15 is 0 Å². The molecule has 8 saturated carbocycles. The molecule has 12 fully saturated rings.